The lowest BCUT2D eigenvalue weighted by atomic mass is 9.76. The molecule has 30 heavy (non-hydrogen) atoms. The van der Waals surface area contributed by atoms with Gasteiger partial charge in [0.2, 0.25) is 10.0 Å². The number of nitrogens with zero attached hydrogens (tertiary/aromatic N) is 1. The highest BCUT2D eigenvalue weighted by molar-refractivity contribution is 7.89. The molecule has 0 heterocycles. The molecule has 0 saturated heterocycles. The van der Waals surface area contributed by atoms with Crippen LogP contribution in [0, 0.1) is 0 Å². The Kier molecular flexibility index (Phi) is 7.88. The SMILES string of the molecule is CN(CCCc1ccc(B(O)OC(C)(C)C(C)(C)O)cc1)S(=O)(=O)c1ccccc1. The van der Waals surface area contributed by atoms with Crippen molar-refractivity contribution >= 4 is 22.6 Å². The maximum Gasteiger partial charge on any atom is 0.491 e. The molecule has 2 aromatic rings. The van der Waals surface area contributed by atoms with Gasteiger partial charge in [0.25, 0.3) is 0 Å². The zero-order valence-electron chi connectivity index (χ0n) is 18.4. The van der Waals surface area contributed by atoms with Gasteiger partial charge in [0.1, 0.15) is 0 Å². The van der Waals surface area contributed by atoms with Crippen LogP contribution in [0.4, 0.5) is 0 Å². The first-order valence-electron chi connectivity index (χ1n) is 10.0. The highest BCUT2D eigenvalue weighted by Gasteiger charge is 2.39. The minimum Gasteiger partial charge on any atom is -0.423 e. The van der Waals surface area contributed by atoms with E-state index in [0.717, 1.165) is 5.56 Å². The number of hydrogen-bond donors (Lipinski definition) is 2. The summed E-state index contributed by atoms with van der Waals surface area (Å²) in [5, 5.41) is 20.5. The highest BCUT2D eigenvalue weighted by atomic mass is 32.2. The molecule has 0 aromatic heterocycles. The molecule has 0 aliphatic heterocycles. The second kappa shape index (κ2) is 9.62. The quantitative estimate of drug-likeness (QED) is 0.561. The minimum absolute atomic E-state index is 0.292. The number of aliphatic hydroxyl groups is 1. The van der Waals surface area contributed by atoms with Crippen molar-refractivity contribution in [2.75, 3.05) is 13.6 Å². The van der Waals surface area contributed by atoms with Crippen LogP contribution in [-0.4, -0.2) is 54.8 Å². The van der Waals surface area contributed by atoms with Crippen LogP contribution in [0.5, 0.6) is 0 Å². The predicted molar refractivity (Wildman–Crippen MR) is 120 cm³/mol. The third kappa shape index (κ3) is 6.15. The van der Waals surface area contributed by atoms with E-state index in [1.165, 1.54) is 4.31 Å². The summed E-state index contributed by atoms with van der Waals surface area (Å²) >= 11 is 0. The van der Waals surface area contributed by atoms with E-state index in [4.69, 9.17) is 4.65 Å². The topological polar surface area (TPSA) is 87.1 Å². The first-order chi connectivity index (χ1) is 13.8. The molecule has 2 rings (SSSR count). The van der Waals surface area contributed by atoms with Crippen molar-refractivity contribution in [2.24, 2.45) is 0 Å². The van der Waals surface area contributed by atoms with Gasteiger partial charge >= 0.3 is 7.12 Å². The Bertz CT molecular complexity index is 909. The molecule has 0 amide bonds. The number of sulfonamides is 1. The molecule has 0 unspecified atom stereocenters. The number of aryl methyl sites for hydroxylation is 1. The van der Waals surface area contributed by atoms with Gasteiger partial charge < -0.3 is 14.8 Å². The maximum atomic E-state index is 12.5. The number of rotatable bonds is 10. The van der Waals surface area contributed by atoms with Crippen LogP contribution in [0.15, 0.2) is 59.5 Å². The van der Waals surface area contributed by atoms with Crippen molar-refractivity contribution < 1.29 is 23.2 Å². The summed E-state index contributed by atoms with van der Waals surface area (Å²) in [6.07, 6.45) is 1.38. The molecule has 0 spiro atoms. The zero-order valence-corrected chi connectivity index (χ0v) is 19.2. The van der Waals surface area contributed by atoms with E-state index in [2.05, 4.69) is 0 Å². The fourth-order valence-electron chi connectivity index (χ4n) is 2.74. The van der Waals surface area contributed by atoms with Crippen molar-refractivity contribution in [1.29, 1.82) is 0 Å². The molecule has 0 saturated carbocycles. The molecule has 6 nitrogen and oxygen atoms in total. The van der Waals surface area contributed by atoms with E-state index >= 15 is 0 Å². The van der Waals surface area contributed by atoms with Crippen molar-refractivity contribution in [3.05, 3.63) is 60.2 Å². The Morgan fingerprint density at radius 1 is 1.00 bits per heavy atom. The molecule has 0 atom stereocenters. The van der Waals surface area contributed by atoms with E-state index in [-0.39, 0.29) is 0 Å². The smallest absolute Gasteiger partial charge is 0.423 e. The number of benzene rings is 2. The van der Waals surface area contributed by atoms with Gasteiger partial charge in [-0.25, -0.2) is 12.7 Å². The van der Waals surface area contributed by atoms with Gasteiger partial charge in [-0.3, -0.25) is 0 Å². The van der Waals surface area contributed by atoms with Crippen molar-refractivity contribution in [3.63, 3.8) is 0 Å². The largest absolute Gasteiger partial charge is 0.491 e. The van der Waals surface area contributed by atoms with Gasteiger partial charge in [-0.1, -0.05) is 42.5 Å². The number of hydrogen-bond acceptors (Lipinski definition) is 5. The van der Waals surface area contributed by atoms with E-state index in [1.807, 2.05) is 12.1 Å². The Morgan fingerprint density at radius 2 is 1.57 bits per heavy atom. The summed E-state index contributed by atoms with van der Waals surface area (Å²) < 4.78 is 32.1. The van der Waals surface area contributed by atoms with E-state index in [1.54, 1.807) is 77.2 Å². The van der Waals surface area contributed by atoms with Gasteiger partial charge in [-0.15, -0.1) is 0 Å². The molecule has 0 aliphatic rings. The highest BCUT2D eigenvalue weighted by Crippen LogP contribution is 2.25. The third-order valence-corrected chi connectivity index (χ3v) is 7.41. The molecule has 0 aliphatic carbocycles. The van der Waals surface area contributed by atoms with E-state index in [9.17, 15) is 18.5 Å². The van der Waals surface area contributed by atoms with Gasteiger partial charge in [0.15, 0.2) is 0 Å². The molecule has 0 fully saturated rings. The molecule has 8 heteroatoms. The molecule has 2 N–H and O–H groups in total. The predicted octanol–water partition coefficient (Wildman–Crippen LogP) is 2.19. The normalized spacial score (nSPS) is 12.9. The molecular weight excluding hydrogens is 401 g/mol. The first kappa shape index (κ1) is 24.6. The average molecular weight is 433 g/mol. The third-order valence-electron chi connectivity index (χ3n) is 5.53. The lowest BCUT2D eigenvalue weighted by Crippen LogP contribution is -2.53. The van der Waals surface area contributed by atoms with Crippen LogP contribution >= 0.6 is 0 Å². The van der Waals surface area contributed by atoms with Gasteiger partial charge in [0.05, 0.1) is 16.1 Å². The standard InChI is InChI=1S/C22H32BNO5S/c1-21(2,25)22(3,4)29-23(26)19-15-13-18(14-16-19)10-9-17-24(5)30(27,28)20-11-7-6-8-12-20/h6-8,11-16,25-26H,9-10,17H2,1-5H3. The summed E-state index contributed by atoms with van der Waals surface area (Å²) in [6, 6.07) is 15.8. The fourth-order valence-corrected chi connectivity index (χ4v) is 3.97. The Balaban J connectivity index is 1.91. The second-order valence-corrected chi connectivity index (χ2v) is 10.6. The van der Waals surface area contributed by atoms with E-state index in [0.29, 0.717) is 29.7 Å². The van der Waals surface area contributed by atoms with Crippen LogP contribution in [0.25, 0.3) is 0 Å². The van der Waals surface area contributed by atoms with Crippen LogP contribution in [0.1, 0.15) is 39.7 Å². The van der Waals surface area contributed by atoms with Crippen LogP contribution < -0.4 is 5.46 Å². The van der Waals surface area contributed by atoms with Crippen molar-refractivity contribution in [1.82, 2.24) is 4.31 Å². The molecule has 164 valence electrons. The van der Waals surface area contributed by atoms with Gasteiger partial charge in [0, 0.05) is 13.6 Å². The maximum absolute atomic E-state index is 12.5. The molecule has 2 aromatic carbocycles. The Labute approximate surface area is 180 Å². The summed E-state index contributed by atoms with van der Waals surface area (Å²) in [5.74, 6) is 0. The molecule has 0 radical (unpaired) electrons. The Hall–Kier alpha value is -1.71. The zero-order chi connectivity index (χ0) is 22.6. The van der Waals surface area contributed by atoms with Gasteiger partial charge in [-0.2, -0.15) is 0 Å². The fraction of sp³-hybridized carbons (Fsp3) is 0.455. The van der Waals surface area contributed by atoms with Crippen LogP contribution in [0.3, 0.4) is 0 Å². The van der Waals surface area contributed by atoms with Crippen molar-refractivity contribution in [2.45, 2.75) is 56.6 Å². The molecular formula is C22H32BNO5S. The summed E-state index contributed by atoms with van der Waals surface area (Å²) in [5.41, 5.74) is -0.405. The lowest BCUT2D eigenvalue weighted by Gasteiger charge is -2.38. The van der Waals surface area contributed by atoms with Crippen molar-refractivity contribution in [3.8, 4) is 0 Å². The summed E-state index contributed by atoms with van der Waals surface area (Å²) in [4.78, 5) is 0.292. The van der Waals surface area contributed by atoms with Gasteiger partial charge in [-0.05, 0) is 63.7 Å². The summed E-state index contributed by atoms with van der Waals surface area (Å²) in [6.45, 7) is 7.13. The van der Waals surface area contributed by atoms with Crippen LogP contribution in [-0.2, 0) is 21.1 Å². The first-order valence-corrected chi connectivity index (χ1v) is 11.5. The lowest BCUT2D eigenvalue weighted by molar-refractivity contribution is -0.0982. The van der Waals surface area contributed by atoms with E-state index < -0.39 is 28.3 Å². The molecule has 0 bridgehead atoms. The Morgan fingerprint density at radius 3 is 2.10 bits per heavy atom. The second-order valence-electron chi connectivity index (χ2n) is 8.52. The summed E-state index contributed by atoms with van der Waals surface area (Å²) in [7, 11) is -3.04. The monoisotopic (exact) mass is 433 g/mol. The van der Waals surface area contributed by atoms with Crippen LogP contribution in [0.2, 0.25) is 0 Å². The average Bonchev–Trinajstić information content (AvgIpc) is 2.67. The minimum atomic E-state index is -3.48.